The number of phenolic OH excluding ortho intramolecular Hbond substituents is 2. The first-order chi connectivity index (χ1) is 20.7. The molecule has 0 bridgehead atoms. The molecule has 245 valence electrons. The second-order valence-electron chi connectivity index (χ2n) is 11.0. The van der Waals surface area contributed by atoms with E-state index in [1.54, 1.807) is 31.7 Å². The summed E-state index contributed by atoms with van der Waals surface area (Å²) in [6.45, 7) is 10.8. The second-order valence-corrected chi connectivity index (χ2v) is 11.0. The quantitative estimate of drug-likeness (QED) is 0.264. The van der Waals surface area contributed by atoms with E-state index in [1.807, 2.05) is 42.5 Å². The Hall–Kier alpha value is -4.15. The first-order valence-corrected chi connectivity index (χ1v) is 14.5. The predicted molar refractivity (Wildman–Crippen MR) is 171 cm³/mol. The summed E-state index contributed by atoms with van der Waals surface area (Å²) in [5, 5.41) is 38.5. The number of methoxy groups -OCH3 is 1. The van der Waals surface area contributed by atoms with Crippen LogP contribution in [0, 0.1) is 11.8 Å². The summed E-state index contributed by atoms with van der Waals surface area (Å²) in [5.74, 6) is 0.0980. The number of carbonyl (C=O) groups excluding carboxylic acids is 2. The maximum Gasteiger partial charge on any atom is 2.00 e. The van der Waals surface area contributed by atoms with Crippen LogP contribution in [0.5, 0.6) is 17.2 Å². The maximum atomic E-state index is 10.4. The van der Waals surface area contributed by atoms with Crippen molar-refractivity contribution in [3.8, 4) is 17.2 Å². The summed E-state index contributed by atoms with van der Waals surface area (Å²) in [6.07, 6.45) is 7.40. The molecule has 1 radical (unpaired) electrons. The maximum absolute atomic E-state index is 10.4. The number of hydrogen-bond acceptors (Lipinski definition) is 9. The van der Waals surface area contributed by atoms with Crippen LogP contribution in [-0.4, -0.2) is 41.7 Å². The minimum absolute atomic E-state index is 0. The smallest absolute Gasteiger partial charge is 0.550 e. The van der Waals surface area contributed by atoms with Crippen molar-refractivity contribution in [2.45, 2.75) is 67.2 Å². The third kappa shape index (κ3) is 17.7. The number of phenols is 2. The summed E-state index contributed by atoms with van der Waals surface area (Å²) >= 11 is 0. The molecule has 0 atom stereocenters. The molecule has 3 rings (SSSR count). The van der Waals surface area contributed by atoms with Gasteiger partial charge in [0.05, 0.1) is 18.5 Å². The molecular formula is C35H44CoN2O7. The molecule has 0 fully saturated rings. The van der Waals surface area contributed by atoms with Crippen LogP contribution in [0.4, 0.5) is 11.4 Å². The van der Waals surface area contributed by atoms with Crippen molar-refractivity contribution in [3.05, 3.63) is 76.9 Å². The van der Waals surface area contributed by atoms with E-state index < -0.39 is 11.9 Å². The zero-order valence-corrected chi connectivity index (χ0v) is 28.0. The number of aliphatic carboxylic acids is 2. The van der Waals surface area contributed by atoms with Gasteiger partial charge in [-0.1, -0.05) is 39.8 Å². The Labute approximate surface area is 276 Å². The van der Waals surface area contributed by atoms with Gasteiger partial charge >= 0.3 is 16.8 Å². The molecule has 0 heterocycles. The molecule has 10 heteroatoms. The van der Waals surface area contributed by atoms with Crippen LogP contribution in [0.3, 0.4) is 0 Å². The molecule has 0 aromatic heterocycles. The van der Waals surface area contributed by atoms with Crippen molar-refractivity contribution >= 4 is 35.7 Å². The molecule has 0 aliphatic carbocycles. The first kappa shape index (κ1) is 40.8. The van der Waals surface area contributed by atoms with E-state index in [0.717, 1.165) is 39.5 Å². The molecule has 0 saturated heterocycles. The molecule has 2 N–H and O–H groups in total. The number of rotatable bonds is 11. The van der Waals surface area contributed by atoms with Gasteiger partial charge in [0.1, 0.15) is 17.2 Å². The molecular weight excluding hydrogens is 619 g/mol. The minimum Gasteiger partial charge on any atom is -0.550 e. The van der Waals surface area contributed by atoms with Crippen molar-refractivity contribution in [1.82, 2.24) is 0 Å². The van der Waals surface area contributed by atoms with Crippen LogP contribution in [0.2, 0.25) is 0 Å². The van der Waals surface area contributed by atoms with Crippen molar-refractivity contribution in [2.24, 2.45) is 21.8 Å². The fourth-order valence-corrected chi connectivity index (χ4v) is 3.76. The van der Waals surface area contributed by atoms with E-state index in [1.165, 1.54) is 11.1 Å². The normalized spacial score (nSPS) is 10.6. The molecule has 3 aromatic rings. The van der Waals surface area contributed by atoms with E-state index in [4.69, 9.17) is 24.5 Å². The van der Waals surface area contributed by atoms with Crippen LogP contribution >= 0.6 is 0 Å². The van der Waals surface area contributed by atoms with E-state index in [0.29, 0.717) is 40.1 Å². The van der Waals surface area contributed by atoms with Gasteiger partial charge < -0.3 is 34.8 Å². The summed E-state index contributed by atoms with van der Waals surface area (Å²) in [6, 6.07) is 16.8. The molecule has 0 aliphatic rings. The van der Waals surface area contributed by atoms with Crippen molar-refractivity contribution in [3.63, 3.8) is 0 Å². The standard InChI is InChI=1S/C31H38N2O3.2C2H4O2.Co/c1-21(2)6-8-23-10-14-30(34)25(16-23)19-32-28-13-12-27(36-5)18-29(28)33-20-26-17-24(9-7-22(3)4)11-15-31(26)35;2*1-2(3)4;/h10-22,34-35H,6-9H2,1-5H3;2*1H3,(H,3,4);/q;;;+2/p-2. The number of hydrogen-bond donors (Lipinski definition) is 2. The predicted octanol–water partition coefficient (Wildman–Crippen LogP) is 5.29. The van der Waals surface area contributed by atoms with Crippen LogP contribution < -0.4 is 14.9 Å². The fraction of sp³-hybridized carbons (Fsp3) is 0.371. The number of aryl methyl sites for hydroxylation is 2. The SMILES string of the molecule is CC(=O)[O-].CC(=O)[O-].COc1ccc(N=Cc2cc(CCC(C)C)ccc2O)c(N=Cc2cc(CCC(C)C)ccc2O)c1.[Co+2]. The van der Waals surface area contributed by atoms with Crippen LogP contribution in [0.1, 0.15) is 76.6 Å². The number of aliphatic imine (C=N–C) groups is 2. The van der Waals surface area contributed by atoms with E-state index in [2.05, 4.69) is 37.7 Å². The molecule has 0 saturated carbocycles. The number of nitrogens with zero attached hydrogens (tertiary/aromatic N) is 2. The third-order valence-electron chi connectivity index (χ3n) is 6.07. The van der Waals surface area contributed by atoms with Crippen molar-refractivity contribution in [1.29, 1.82) is 0 Å². The Morgan fingerprint density at radius 3 is 1.51 bits per heavy atom. The van der Waals surface area contributed by atoms with E-state index in [9.17, 15) is 10.2 Å². The molecule has 0 aliphatic heterocycles. The van der Waals surface area contributed by atoms with Crippen molar-refractivity contribution < 1.29 is 51.5 Å². The van der Waals surface area contributed by atoms with Gasteiger partial charge in [-0.15, -0.1) is 0 Å². The number of ether oxygens (including phenoxy) is 1. The van der Waals surface area contributed by atoms with Crippen LogP contribution in [-0.2, 0) is 39.2 Å². The number of aromatic hydroxyl groups is 2. The zero-order chi connectivity index (χ0) is 33.2. The Bertz CT molecular complexity index is 1400. The van der Waals surface area contributed by atoms with Crippen LogP contribution in [0.25, 0.3) is 0 Å². The van der Waals surface area contributed by atoms with Gasteiger partial charge in [0, 0.05) is 41.6 Å². The van der Waals surface area contributed by atoms with Crippen molar-refractivity contribution in [2.75, 3.05) is 7.11 Å². The minimum atomic E-state index is -1.08. The largest absolute Gasteiger partial charge is 2.00 e. The topological polar surface area (TPSA) is 155 Å². The fourth-order valence-electron chi connectivity index (χ4n) is 3.76. The monoisotopic (exact) mass is 663 g/mol. The zero-order valence-electron chi connectivity index (χ0n) is 27.0. The third-order valence-corrected chi connectivity index (χ3v) is 6.07. The summed E-state index contributed by atoms with van der Waals surface area (Å²) < 4.78 is 5.39. The molecule has 0 amide bonds. The molecule has 3 aromatic carbocycles. The summed E-state index contributed by atoms with van der Waals surface area (Å²) in [7, 11) is 1.61. The van der Waals surface area contributed by atoms with Gasteiger partial charge in [-0.2, -0.15) is 0 Å². The van der Waals surface area contributed by atoms with Gasteiger partial charge in [-0.25, -0.2) is 0 Å². The van der Waals surface area contributed by atoms with Gasteiger partial charge in [-0.05, 0) is 98.9 Å². The Kier molecular flexibility index (Phi) is 19.5. The van der Waals surface area contributed by atoms with Gasteiger partial charge in [0.25, 0.3) is 0 Å². The Balaban J connectivity index is 0.00000192. The number of carboxylic acids is 2. The average molecular weight is 664 g/mol. The molecule has 9 nitrogen and oxygen atoms in total. The van der Waals surface area contributed by atoms with Gasteiger partial charge in [0.2, 0.25) is 0 Å². The number of carboxylic acid groups (broad SMARTS) is 2. The summed E-state index contributed by atoms with van der Waals surface area (Å²) in [4.78, 5) is 27.1. The molecule has 0 unspecified atom stereocenters. The Morgan fingerprint density at radius 1 is 0.733 bits per heavy atom. The van der Waals surface area contributed by atoms with Gasteiger partial charge in [-0.3, -0.25) is 9.98 Å². The second kappa shape index (κ2) is 21.5. The molecule has 0 spiro atoms. The molecule has 45 heavy (non-hydrogen) atoms. The first-order valence-electron chi connectivity index (χ1n) is 14.5. The van der Waals surface area contributed by atoms with E-state index >= 15 is 0 Å². The number of carbonyl (C=O) groups is 2. The van der Waals surface area contributed by atoms with Crippen LogP contribution in [0.15, 0.2) is 64.6 Å². The Morgan fingerprint density at radius 2 is 1.13 bits per heavy atom. The van der Waals surface area contributed by atoms with Gasteiger partial charge in [0.15, 0.2) is 0 Å². The summed E-state index contributed by atoms with van der Waals surface area (Å²) in [5.41, 5.74) is 4.90. The number of benzene rings is 3. The van der Waals surface area contributed by atoms with E-state index in [-0.39, 0.29) is 28.3 Å². The average Bonchev–Trinajstić information content (AvgIpc) is 2.94.